The van der Waals surface area contributed by atoms with Crippen molar-refractivity contribution < 1.29 is 4.39 Å². The van der Waals surface area contributed by atoms with Crippen molar-refractivity contribution in [1.82, 2.24) is 9.97 Å². The van der Waals surface area contributed by atoms with Gasteiger partial charge in [0.25, 0.3) is 0 Å². The van der Waals surface area contributed by atoms with Crippen molar-refractivity contribution >= 4 is 21.7 Å². The van der Waals surface area contributed by atoms with E-state index in [2.05, 4.69) is 31.2 Å². The van der Waals surface area contributed by atoms with Crippen LogP contribution in [0.2, 0.25) is 0 Å². The third-order valence-corrected chi connectivity index (χ3v) is 2.69. The lowest BCUT2D eigenvalue weighted by Gasteiger charge is -2.06. The van der Waals surface area contributed by atoms with Crippen molar-refractivity contribution in [2.24, 2.45) is 0 Å². The fourth-order valence-electron chi connectivity index (χ4n) is 1.46. The summed E-state index contributed by atoms with van der Waals surface area (Å²) in [5, 5.41) is 3.04. The highest BCUT2D eigenvalue weighted by molar-refractivity contribution is 9.10. The van der Waals surface area contributed by atoms with Gasteiger partial charge >= 0.3 is 0 Å². The Morgan fingerprint density at radius 2 is 2.18 bits per heavy atom. The second-order valence-corrected chi connectivity index (χ2v) is 4.36. The molecule has 1 aromatic heterocycles. The van der Waals surface area contributed by atoms with E-state index < -0.39 is 0 Å². The van der Waals surface area contributed by atoms with Crippen molar-refractivity contribution in [3.63, 3.8) is 0 Å². The Labute approximate surface area is 107 Å². The molecule has 1 heterocycles. The molecule has 1 N–H and O–H groups in total. The Bertz CT molecular complexity index is 531. The first-order chi connectivity index (χ1) is 8.20. The largest absolute Gasteiger partial charge is 0.369 e. The van der Waals surface area contributed by atoms with Crippen LogP contribution in [0, 0.1) is 5.82 Å². The SMILES string of the molecule is CCNc1cncc(-c2cc(Br)ccc2F)n1. The zero-order chi connectivity index (χ0) is 12.3. The topological polar surface area (TPSA) is 37.8 Å². The summed E-state index contributed by atoms with van der Waals surface area (Å²) in [7, 11) is 0. The number of aromatic nitrogens is 2. The maximum absolute atomic E-state index is 13.7. The van der Waals surface area contributed by atoms with Crippen LogP contribution in [-0.2, 0) is 0 Å². The number of anilines is 1. The molecule has 0 fully saturated rings. The first-order valence-electron chi connectivity index (χ1n) is 5.22. The summed E-state index contributed by atoms with van der Waals surface area (Å²) in [6.07, 6.45) is 3.16. The monoisotopic (exact) mass is 295 g/mol. The van der Waals surface area contributed by atoms with E-state index in [0.717, 1.165) is 11.0 Å². The standard InChI is InChI=1S/C12H11BrFN3/c1-2-16-12-7-15-6-11(17-12)9-5-8(13)3-4-10(9)14/h3-7H,2H2,1H3,(H,16,17). The van der Waals surface area contributed by atoms with Crippen LogP contribution in [0.25, 0.3) is 11.3 Å². The third-order valence-electron chi connectivity index (χ3n) is 2.20. The van der Waals surface area contributed by atoms with Gasteiger partial charge in [0.1, 0.15) is 11.6 Å². The molecule has 0 bridgehead atoms. The molecule has 0 saturated carbocycles. The van der Waals surface area contributed by atoms with Crippen molar-refractivity contribution in [3.8, 4) is 11.3 Å². The molecule has 2 rings (SSSR count). The fourth-order valence-corrected chi connectivity index (χ4v) is 1.82. The molecule has 0 atom stereocenters. The van der Waals surface area contributed by atoms with Gasteiger partial charge in [0.2, 0.25) is 0 Å². The van der Waals surface area contributed by atoms with E-state index >= 15 is 0 Å². The van der Waals surface area contributed by atoms with Gasteiger partial charge in [-0.05, 0) is 25.1 Å². The van der Waals surface area contributed by atoms with Crippen molar-refractivity contribution in [2.75, 3.05) is 11.9 Å². The van der Waals surface area contributed by atoms with E-state index in [-0.39, 0.29) is 5.82 Å². The molecule has 0 saturated heterocycles. The minimum atomic E-state index is -0.309. The number of rotatable bonds is 3. The number of hydrogen-bond donors (Lipinski definition) is 1. The van der Waals surface area contributed by atoms with Crippen LogP contribution in [0.3, 0.4) is 0 Å². The summed E-state index contributed by atoms with van der Waals surface area (Å²) in [5.74, 6) is 0.334. The van der Waals surface area contributed by atoms with E-state index in [1.807, 2.05) is 6.92 Å². The Hall–Kier alpha value is -1.49. The summed E-state index contributed by atoms with van der Waals surface area (Å²) in [6.45, 7) is 2.72. The Balaban J connectivity index is 2.45. The van der Waals surface area contributed by atoms with Crippen LogP contribution in [0.1, 0.15) is 6.92 Å². The predicted molar refractivity (Wildman–Crippen MR) is 69.3 cm³/mol. The fraction of sp³-hybridized carbons (Fsp3) is 0.167. The number of hydrogen-bond acceptors (Lipinski definition) is 3. The molecular weight excluding hydrogens is 285 g/mol. The highest BCUT2D eigenvalue weighted by Gasteiger charge is 2.08. The van der Waals surface area contributed by atoms with E-state index in [1.54, 1.807) is 24.5 Å². The van der Waals surface area contributed by atoms with E-state index in [0.29, 0.717) is 17.1 Å². The molecule has 0 aliphatic carbocycles. The summed E-state index contributed by atoms with van der Waals surface area (Å²) in [4.78, 5) is 8.34. The minimum Gasteiger partial charge on any atom is -0.369 e. The average Bonchev–Trinajstić information content (AvgIpc) is 2.33. The van der Waals surface area contributed by atoms with Crippen LogP contribution in [0.15, 0.2) is 35.1 Å². The van der Waals surface area contributed by atoms with E-state index in [1.165, 1.54) is 6.07 Å². The van der Waals surface area contributed by atoms with Crippen molar-refractivity contribution in [2.45, 2.75) is 6.92 Å². The second kappa shape index (κ2) is 5.23. The van der Waals surface area contributed by atoms with Crippen LogP contribution in [0.5, 0.6) is 0 Å². The average molecular weight is 296 g/mol. The number of nitrogens with zero attached hydrogens (tertiary/aromatic N) is 2. The zero-order valence-corrected chi connectivity index (χ0v) is 10.8. The molecule has 2 aromatic rings. The lowest BCUT2D eigenvalue weighted by molar-refractivity contribution is 0.630. The number of benzene rings is 1. The second-order valence-electron chi connectivity index (χ2n) is 3.44. The number of halogens is 2. The Morgan fingerprint density at radius 3 is 2.94 bits per heavy atom. The molecule has 0 unspecified atom stereocenters. The van der Waals surface area contributed by atoms with Gasteiger partial charge in [-0.1, -0.05) is 15.9 Å². The minimum absolute atomic E-state index is 0.309. The van der Waals surface area contributed by atoms with Gasteiger partial charge in [-0.3, -0.25) is 4.98 Å². The quantitative estimate of drug-likeness (QED) is 0.942. The van der Waals surface area contributed by atoms with Gasteiger partial charge in [0, 0.05) is 16.6 Å². The Morgan fingerprint density at radius 1 is 1.35 bits per heavy atom. The normalized spacial score (nSPS) is 10.3. The molecule has 0 radical (unpaired) electrons. The highest BCUT2D eigenvalue weighted by atomic mass is 79.9. The molecule has 0 amide bonds. The van der Waals surface area contributed by atoms with Crippen LogP contribution >= 0.6 is 15.9 Å². The molecule has 0 aliphatic heterocycles. The summed E-state index contributed by atoms with van der Waals surface area (Å²) in [5.41, 5.74) is 0.953. The lowest BCUT2D eigenvalue weighted by Crippen LogP contribution is -2.01. The molecule has 17 heavy (non-hydrogen) atoms. The zero-order valence-electron chi connectivity index (χ0n) is 9.24. The lowest BCUT2D eigenvalue weighted by atomic mass is 10.1. The summed E-state index contributed by atoms with van der Waals surface area (Å²) < 4.78 is 14.5. The van der Waals surface area contributed by atoms with Crippen molar-refractivity contribution in [3.05, 3.63) is 40.9 Å². The van der Waals surface area contributed by atoms with Gasteiger partial charge in [0.05, 0.1) is 18.1 Å². The maximum Gasteiger partial charge on any atom is 0.145 e. The Kier molecular flexibility index (Phi) is 3.68. The van der Waals surface area contributed by atoms with Gasteiger partial charge in [-0.2, -0.15) is 0 Å². The molecule has 0 spiro atoms. The van der Waals surface area contributed by atoms with Crippen LogP contribution in [-0.4, -0.2) is 16.5 Å². The first kappa shape index (κ1) is 12.0. The smallest absolute Gasteiger partial charge is 0.145 e. The first-order valence-corrected chi connectivity index (χ1v) is 6.01. The number of nitrogens with one attached hydrogen (secondary N) is 1. The van der Waals surface area contributed by atoms with Gasteiger partial charge in [-0.25, -0.2) is 9.37 Å². The molecule has 88 valence electrons. The molecule has 1 aromatic carbocycles. The summed E-state index contributed by atoms with van der Waals surface area (Å²) >= 11 is 3.31. The maximum atomic E-state index is 13.7. The van der Waals surface area contributed by atoms with Crippen molar-refractivity contribution in [1.29, 1.82) is 0 Å². The van der Waals surface area contributed by atoms with E-state index in [9.17, 15) is 4.39 Å². The molecular formula is C12H11BrFN3. The van der Waals surface area contributed by atoms with Gasteiger partial charge in [-0.15, -0.1) is 0 Å². The molecule has 3 nitrogen and oxygen atoms in total. The van der Waals surface area contributed by atoms with Crippen LogP contribution in [0.4, 0.5) is 10.2 Å². The summed E-state index contributed by atoms with van der Waals surface area (Å²) in [6, 6.07) is 4.75. The van der Waals surface area contributed by atoms with Crippen LogP contribution < -0.4 is 5.32 Å². The van der Waals surface area contributed by atoms with Gasteiger partial charge in [0.15, 0.2) is 0 Å². The molecule has 5 heteroatoms. The molecule has 0 aliphatic rings. The highest BCUT2D eigenvalue weighted by Crippen LogP contribution is 2.24. The predicted octanol–water partition coefficient (Wildman–Crippen LogP) is 3.48. The van der Waals surface area contributed by atoms with Gasteiger partial charge < -0.3 is 5.32 Å². The van der Waals surface area contributed by atoms with E-state index in [4.69, 9.17) is 0 Å². The third kappa shape index (κ3) is 2.79.